The molecular weight excluding hydrogens is 386 g/mol. The number of quaternary nitrogens is 1. The zero-order valence-corrected chi connectivity index (χ0v) is 17.2. The predicted molar refractivity (Wildman–Crippen MR) is 121 cm³/mol. The van der Waals surface area contributed by atoms with Gasteiger partial charge in [-0.25, -0.2) is 0 Å². The summed E-state index contributed by atoms with van der Waals surface area (Å²) in [6.45, 7) is 1.58. The van der Waals surface area contributed by atoms with Crippen molar-refractivity contribution >= 4 is 10.9 Å². The highest BCUT2D eigenvalue weighted by atomic mass is 16.5. The summed E-state index contributed by atoms with van der Waals surface area (Å²) in [4.78, 5) is 3.38. The molecule has 1 heterocycles. The molecule has 0 aliphatic carbocycles. The molecule has 156 valence electrons. The molecule has 0 saturated carbocycles. The van der Waals surface area contributed by atoms with Gasteiger partial charge in [-0.2, -0.15) is 5.26 Å². The van der Waals surface area contributed by atoms with Gasteiger partial charge in [-0.15, -0.1) is 0 Å². The van der Waals surface area contributed by atoms with E-state index < -0.39 is 6.10 Å². The Morgan fingerprint density at radius 1 is 0.935 bits per heavy atom. The third kappa shape index (κ3) is 5.13. The highest BCUT2D eigenvalue weighted by molar-refractivity contribution is 5.84. The second kappa shape index (κ2) is 9.94. The highest BCUT2D eigenvalue weighted by Gasteiger charge is 2.20. The molecule has 0 bridgehead atoms. The number of nitriles is 1. The van der Waals surface area contributed by atoms with Gasteiger partial charge in [0.25, 0.3) is 0 Å². The van der Waals surface area contributed by atoms with Crippen molar-refractivity contribution in [2.75, 3.05) is 19.7 Å². The second-order valence-electron chi connectivity index (χ2n) is 7.61. The molecule has 31 heavy (non-hydrogen) atoms. The van der Waals surface area contributed by atoms with Crippen molar-refractivity contribution in [1.29, 1.82) is 5.26 Å². The zero-order chi connectivity index (χ0) is 21.5. The SMILES string of the molecule is N#Cc1ccc(OC[C@H](O)C[NH2+]C[C@@H](c2ccccc2)c2c[nH]c3ccccc23)cc1. The Kier molecular flexibility index (Phi) is 6.63. The fourth-order valence-electron chi connectivity index (χ4n) is 3.85. The first-order chi connectivity index (χ1) is 15.2. The molecule has 1 aromatic heterocycles. The lowest BCUT2D eigenvalue weighted by atomic mass is 9.91. The maximum Gasteiger partial charge on any atom is 0.137 e. The maximum atomic E-state index is 10.4. The maximum absolute atomic E-state index is 10.4. The van der Waals surface area contributed by atoms with Crippen LogP contribution in [0.4, 0.5) is 0 Å². The summed E-state index contributed by atoms with van der Waals surface area (Å²) in [5.41, 5.74) is 4.24. The molecule has 0 saturated heterocycles. The predicted octanol–water partition coefficient (Wildman–Crippen LogP) is 3.17. The Morgan fingerprint density at radius 2 is 1.68 bits per heavy atom. The second-order valence-corrected chi connectivity index (χ2v) is 7.61. The van der Waals surface area contributed by atoms with Crippen LogP contribution >= 0.6 is 0 Å². The van der Waals surface area contributed by atoms with Crippen LogP contribution in [0.1, 0.15) is 22.6 Å². The molecule has 5 nitrogen and oxygen atoms in total. The van der Waals surface area contributed by atoms with E-state index in [-0.39, 0.29) is 12.5 Å². The molecule has 0 aliphatic heterocycles. The van der Waals surface area contributed by atoms with E-state index in [9.17, 15) is 5.11 Å². The number of aliphatic hydroxyl groups excluding tert-OH is 1. The first kappa shape index (κ1) is 20.7. The smallest absolute Gasteiger partial charge is 0.137 e. The summed E-state index contributed by atoms with van der Waals surface area (Å²) in [7, 11) is 0. The Hall–Kier alpha value is -3.59. The Balaban J connectivity index is 1.38. The van der Waals surface area contributed by atoms with Gasteiger partial charge in [0.2, 0.25) is 0 Å². The van der Waals surface area contributed by atoms with Gasteiger partial charge in [-0.3, -0.25) is 0 Å². The van der Waals surface area contributed by atoms with Crippen LogP contribution in [0.2, 0.25) is 0 Å². The fourth-order valence-corrected chi connectivity index (χ4v) is 3.85. The van der Waals surface area contributed by atoms with E-state index >= 15 is 0 Å². The Labute approximate surface area is 181 Å². The summed E-state index contributed by atoms with van der Waals surface area (Å²) in [5, 5.41) is 22.6. The molecule has 5 heteroatoms. The summed E-state index contributed by atoms with van der Waals surface area (Å²) in [6.07, 6.45) is 1.51. The van der Waals surface area contributed by atoms with Gasteiger partial charge in [0.05, 0.1) is 24.1 Å². The van der Waals surface area contributed by atoms with Crippen LogP contribution in [-0.4, -0.2) is 35.9 Å². The van der Waals surface area contributed by atoms with Gasteiger partial charge >= 0.3 is 0 Å². The average molecular weight is 413 g/mol. The van der Waals surface area contributed by atoms with E-state index in [1.165, 1.54) is 16.5 Å². The molecule has 0 aliphatic rings. The lowest BCUT2D eigenvalue weighted by Gasteiger charge is -2.17. The quantitative estimate of drug-likeness (QED) is 0.395. The third-order valence-corrected chi connectivity index (χ3v) is 5.47. The van der Waals surface area contributed by atoms with Crippen molar-refractivity contribution in [2.45, 2.75) is 12.0 Å². The van der Waals surface area contributed by atoms with Gasteiger partial charge in [0.1, 0.15) is 25.0 Å². The molecule has 4 N–H and O–H groups in total. The van der Waals surface area contributed by atoms with Crippen molar-refractivity contribution in [3.63, 3.8) is 0 Å². The first-order valence-electron chi connectivity index (χ1n) is 10.5. The third-order valence-electron chi connectivity index (χ3n) is 5.47. The van der Waals surface area contributed by atoms with Crippen LogP contribution in [0.15, 0.2) is 85.1 Å². The van der Waals surface area contributed by atoms with Crippen molar-refractivity contribution in [3.05, 3.63) is 102 Å². The van der Waals surface area contributed by atoms with Gasteiger partial charge < -0.3 is 20.1 Å². The van der Waals surface area contributed by atoms with E-state index in [0.29, 0.717) is 17.9 Å². The molecular formula is C26H26N3O2+. The summed E-state index contributed by atoms with van der Waals surface area (Å²) < 4.78 is 5.65. The number of aliphatic hydroxyl groups is 1. The van der Waals surface area contributed by atoms with E-state index in [4.69, 9.17) is 10.00 Å². The van der Waals surface area contributed by atoms with E-state index in [0.717, 1.165) is 12.1 Å². The number of rotatable bonds is 9. The normalized spacial score (nSPS) is 12.9. The van der Waals surface area contributed by atoms with Crippen LogP contribution in [0.5, 0.6) is 5.75 Å². The minimum Gasteiger partial charge on any atom is -0.491 e. The number of nitrogens with zero attached hydrogens (tertiary/aromatic N) is 1. The van der Waals surface area contributed by atoms with Crippen molar-refractivity contribution in [1.82, 2.24) is 4.98 Å². The van der Waals surface area contributed by atoms with E-state index in [1.54, 1.807) is 24.3 Å². The molecule has 0 radical (unpaired) electrons. The number of hydrogen-bond donors (Lipinski definition) is 3. The number of aromatic amines is 1. The molecule has 2 atom stereocenters. The number of nitrogens with one attached hydrogen (secondary N) is 1. The molecule has 0 spiro atoms. The topological polar surface area (TPSA) is 85.7 Å². The molecule has 0 amide bonds. The molecule has 0 unspecified atom stereocenters. The van der Waals surface area contributed by atoms with Gasteiger partial charge in [-0.1, -0.05) is 48.5 Å². The zero-order valence-electron chi connectivity index (χ0n) is 17.2. The number of hydrogen-bond acceptors (Lipinski definition) is 3. The lowest BCUT2D eigenvalue weighted by molar-refractivity contribution is -0.662. The number of benzene rings is 3. The Bertz CT molecular complexity index is 1150. The number of fused-ring (bicyclic) bond motifs is 1. The molecule has 3 aromatic carbocycles. The largest absolute Gasteiger partial charge is 0.491 e. The minimum absolute atomic E-state index is 0.212. The van der Waals surface area contributed by atoms with Crippen molar-refractivity contribution in [2.24, 2.45) is 0 Å². The molecule has 0 fully saturated rings. The summed E-state index contributed by atoms with van der Waals surface area (Å²) >= 11 is 0. The summed E-state index contributed by atoms with van der Waals surface area (Å²) in [6, 6.07) is 27.8. The highest BCUT2D eigenvalue weighted by Crippen LogP contribution is 2.29. The molecule has 4 aromatic rings. The van der Waals surface area contributed by atoms with Gasteiger partial charge in [0, 0.05) is 17.1 Å². The van der Waals surface area contributed by atoms with Crippen LogP contribution in [-0.2, 0) is 0 Å². The van der Waals surface area contributed by atoms with Gasteiger partial charge in [0.15, 0.2) is 0 Å². The first-order valence-corrected chi connectivity index (χ1v) is 10.5. The average Bonchev–Trinajstić information content (AvgIpc) is 3.25. The number of para-hydroxylation sites is 1. The van der Waals surface area contributed by atoms with Crippen molar-refractivity contribution in [3.8, 4) is 11.8 Å². The standard InChI is InChI=1S/C26H25N3O2/c27-14-19-10-12-22(13-11-19)31-18-21(30)15-28-16-24(20-6-2-1-3-7-20)25-17-29-26-9-5-4-8-23(25)26/h1-13,17,21,24,28-30H,15-16,18H2/p+1/t21-,24+/m1/s1. The van der Waals surface area contributed by atoms with Crippen LogP contribution in [0, 0.1) is 11.3 Å². The number of H-pyrrole nitrogens is 1. The van der Waals surface area contributed by atoms with Crippen LogP contribution in [0.25, 0.3) is 10.9 Å². The van der Waals surface area contributed by atoms with E-state index in [2.05, 4.69) is 65.0 Å². The minimum atomic E-state index is -0.588. The Morgan fingerprint density at radius 3 is 2.45 bits per heavy atom. The summed E-state index contributed by atoms with van der Waals surface area (Å²) in [5.74, 6) is 0.864. The van der Waals surface area contributed by atoms with E-state index in [1.807, 2.05) is 12.1 Å². The molecule has 4 rings (SSSR count). The number of aromatic nitrogens is 1. The monoisotopic (exact) mass is 412 g/mol. The van der Waals surface area contributed by atoms with Crippen molar-refractivity contribution < 1.29 is 15.2 Å². The lowest BCUT2D eigenvalue weighted by Crippen LogP contribution is -2.87. The van der Waals surface area contributed by atoms with Crippen LogP contribution < -0.4 is 10.1 Å². The number of nitrogens with two attached hydrogens (primary N) is 1. The van der Waals surface area contributed by atoms with Gasteiger partial charge in [-0.05, 0) is 41.5 Å². The number of ether oxygens (including phenoxy) is 1. The van der Waals surface area contributed by atoms with Crippen LogP contribution in [0.3, 0.4) is 0 Å². The fraction of sp³-hybridized carbons (Fsp3) is 0.192.